The number of alkyl halides is 3. The van der Waals surface area contributed by atoms with E-state index in [9.17, 15) is 22.4 Å². The van der Waals surface area contributed by atoms with E-state index in [1.807, 2.05) is 0 Å². The van der Waals surface area contributed by atoms with E-state index in [1.54, 1.807) is 0 Å². The lowest BCUT2D eigenvalue weighted by Crippen LogP contribution is -2.13. The van der Waals surface area contributed by atoms with Crippen LogP contribution in [0.5, 0.6) is 0 Å². The summed E-state index contributed by atoms with van der Waals surface area (Å²) in [7, 11) is 0. The maximum absolute atomic E-state index is 13.9. The molecule has 0 bridgehead atoms. The third-order valence-corrected chi connectivity index (χ3v) is 3.29. The molecule has 0 saturated heterocycles. The Bertz CT molecular complexity index is 711. The van der Waals surface area contributed by atoms with Crippen LogP contribution in [0.2, 0.25) is 10.0 Å². The van der Waals surface area contributed by atoms with Gasteiger partial charge in [-0.25, -0.2) is 4.39 Å². The van der Waals surface area contributed by atoms with Crippen LogP contribution in [0.25, 0.3) is 0 Å². The standard InChI is InChI=1S/C14H6Cl2F4O/c15-7-4-5-11(16)9(6-7)13(21)8-2-1-3-10(12(8)17)14(18,19)20/h1-6H. The largest absolute Gasteiger partial charge is 0.419 e. The van der Waals surface area contributed by atoms with E-state index < -0.39 is 28.9 Å². The fraction of sp³-hybridized carbons (Fsp3) is 0.0714. The van der Waals surface area contributed by atoms with Crippen LogP contribution in [0, 0.1) is 5.82 Å². The van der Waals surface area contributed by atoms with Crippen molar-refractivity contribution in [3.63, 3.8) is 0 Å². The van der Waals surface area contributed by atoms with Crippen LogP contribution in [-0.4, -0.2) is 5.78 Å². The molecule has 0 saturated carbocycles. The number of carbonyl (C=O) groups is 1. The summed E-state index contributed by atoms with van der Waals surface area (Å²) in [5, 5.41) is 0.136. The molecule has 0 amide bonds. The molecular formula is C14H6Cl2F4O. The number of carbonyl (C=O) groups excluding carboxylic acids is 1. The van der Waals surface area contributed by atoms with Gasteiger partial charge in [0.05, 0.1) is 16.1 Å². The Kier molecular flexibility index (Phi) is 4.25. The monoisotopic (exact) mass is 336 g/mol. The molecule has 110 valence electrons. The van der Waals surface area contributed by atoms with Crippen molar-refractivity contribution >= 4 is 29.0 Å². The predicted octanol–water partition coefficient (Wildman–Crippen LogP) is 5.38. The SMILES string of the molecule is O=C(c1cc(Cl)ccc1Cl)c1cccc(C(F)(F)F)c1F. The van der Waals surface area contributed by atoms with E-state index in [-0.39, 0.29) is 15.6 Å². The molecule has 0 fully saturated rings. The quantitative estimate of drug-likeness (QED) is 0.531. The molecule has 0 spiro atoms. The van der Waals surface area contributed by atoms with Gasteiger partial charge < -0.3 is 0 Å². The maximum atomic E-state index is 13.9. The van der Waals surface area contributed by atoms with Crippen molar-refractivity contribution in [2.24, 2.45) is 0 Å². The van der Waals surface area contributed by atoms with Crippen molar-refractivity contribution in [3.05, 3.63) is 69.0 Å². The van der Waals surface area contributed by atoms with Crippen molar-refractivity contribution in [3.8, 4) is 0 Å². The van der Waals surface area contributed by atoms with Gasteiger partial charge in [0.2, 0.25) is 0 Å². The fourth-order valence-electron chi connectivity index (χ4n) is 1.74. The fourth-order valence-corrected chi connectivity index (χ4v) is 2.12. The van der Waals surface area contributed by atoms with Crippen LogP contribution < -0.4 is 0 Å². The maximum Gasteiger partial charge on any atom is 0.419 e. The number of halogens is 6. The van der Waals surface area contributed by atoms with Gasteiger partial charge in [0, 0.05) is 10.6 Å². The Morgan fingerprint density at radius 3 is 2.29 bits per heavy atom. The van der Waals surface area contributed by atoms with Gasteiger partial charge in [-0.15, -0.1) is 0 Å². The Hall–Kier alpha value is -1.59. The number of rotatable bonds is 2. The minimum absolute atomic E-state index is 0.0267. The first-order valence-electron chi connectivity index (χ1n) is 5.57. The molecule has 0 N–H and O–H groups in total. The highest BCUT2D eigenvalue weighted by Gasteiger charge is 2.35. The van der Waals surface area contributed by atoms with Gasteiger partial charge in [-0.2, -0.15) is 13.2 Å². The second kappa shape index (κ2) is 5.66. The van der Waals surface area contributed by atoms with Crippen LogP contribution >= 0.6 is 23.2 Å². The van der Waals surface area contributed by atoms with E-state index in [0.717, 1.165) is 12.1 Å². The van der Waals surface area contributed by atoms with Gasteiger partial charge in [-0.1, -0.05) is 29.3 Å². The molecule has 0 aliphatic carbocycles. The number of hydrogen-bond donors (Lipinski definition) is 0. The van der Waals surface area contributed by atoms with E-state index in [4.69, 9.17) is 23.2 Å². The molecule has 0 aliphatic rings. The molecule has 7 heteroatoms. The zero-order valence-electron chi connectivity index (χ0n) is 10.1. The lowest BCUT2D eigenvalue weighted by molar-refractivity contribution is -0.140. The molecule has 21 heavy (non-hydrogen) atoms. The van der Waals surface area contributed by atoms with Gasteiger partial charge in [0.1, 0.15) is 5.82 Å². The van der Waals surface area contributed by atoms with E-state index in [0.29, 0.717) is 6.07 Å². The first kappa shape index (κ1) is 15.8. The number of benzene rings is 2. The van der Waals surface area contributed by atoms with Crippen LogP contribution in [-0.2, 0) is 6.18 Å². The topological polar surface area (TPSA) is 17.1 Å². The average Bonchev–Trinajstić information content (AvgIpc) is 2.39. The Labute approximate surface area is 127 Å². The van der Waals surface area contributed by atoms with Crippen LogP contribution in [0.15, 0.2) is 36.4 Å². The molecule has 0 heterocycles. The van der Waals surface area contributed by atoms with Gasteiger partial charge in [-0.05, 0) is 30.3 Å². The lowest BCUT2D eigenvalue weighted by atomic mass is 10.00. The Morgan fingerprint density at radius 1 is 1.00 bits per heavy atom. The summed E-state index contributed by atoms with van der Waals surface area (Å²) in [5.74, 6) is -2.60. The average molecular weight is 337 g/mol. The minimum Gasteiger partial charge on any atom is -0.288 e. The highest BCUT2D eigenvalue weighted by molar-refractivity contribution is 6.36. The summed E-state index contributed by atoms with van der Waals surface area (Å²) in [6.45, 7) is 0. The normalized spacial score (nSPS) is 11.5. The predicted molar refractivity (Wildman–Crippen MR) is 71.3 cm³/mol. The van der Waals surface area contributed by atoms with E-state index in [1.165, 1.54) is 18.2 Å². The van der Waals surface area contributed by atoms with Crippen molar-refractivity contribution in [1.82, 2.24) is 0 Å². The van der Waals surface area contributed by atoms with Crippen LogP contribution in [0.4, 0.5) is 17.6 Å². The smallest absolute Gasteiger partial charge is 0.288 e. The third-order valence-electron chi connectivity index (χ3n) is 2.72. The number of hydrogen-bond acceptors (Lipinski definition) is 1. The molecule has 2 aromatic carbocycles. The summed E-state index contributed by atoms with van der Waals surface area (Å²) < 4.78 is 51.8. The van der Waals surface area contributed by atoms with Crippen molar-refractivity contribution in [2.75, 3.05) is 0 Å². The molecule has 0 radical (unpaired) electrons. The summed E-state index contributed by atoms with van der Waals surface area (Å²) in [4.78, 5) is 12.2. The van der Waals surface area contributed by atoms with Crippen LogP contribution in [0.1, 0.15) is 21.5 Å². The molecule has 2 aromatic rings. The van der Waals surface area contributed by atoms with Gasteiger partial charge >= 0.3 is 6.18 Å². The molecule has 0 atom stereocenters. The molecule has 0 aliphatic heterocycles. The second-order valence-electron chi connectivity index (χ2n) is 4.12. The highest BCUT2D eigenvalue weighted by atomic mass is 35.5. The van der Waals surface area contributed by atoms with Crippen molar-refractivity contribution in [2.45, 2.75) is 6.18 Å². The van der Waals surface area contributed by atoms with E-state index in [2.05, 4.69) is 0 Å². The summed E-state index contributed by atoms with van der Waals surface area (Å²) in [6.07, 6.45) is -4.89. The van der Waals surface area contributed by atoms with Gasteiger partial charge in [0.25, 0.3) is 0 Å². The molecule has 2 rings (SSSR count). The van der Waals surface area contributed by atoms with Crippen molar-refractivity contribution < 1.29 is 22.4 Å². The van der Waals surface area contributed by atoms with Gasteiger partial charge in [-0.3, -0.25) is 4.79 Å². The third kappa shape index (κ3) is 3.19. The first-order chi connectivity index (χ1) is 9.71. The zero-order valence-corrected chi connectivity index (χ0v) is 11.7. The summed E-state index contributed by atoms with van der Waals surface area (Å²) in [6, 6.07) is 6.37. The number of ketones is 1. The summed E-state index contributed by atoms with van der Waals surface area (Å²) >= 11 is 11.5. The Morgan fingerprint density at radius 2 is 1.67 bits per heavy atom. The lowest BCUT2D eigenvalue weighted by Gasteiger charge is -2.11. The van der Waals surface area contributed by atoms with Gasteiger partial charge in [0.15, 0.2) is 5.78 Å². The van der Waals surface area contributed by atoms with Crippen molar-refractivity contribution in [1.29, 1.82) is 0 Å². The minimum atomic E-state index is -4.89. The first-order valence-corrected chi connectivity index (χ1v) is 6.33. The molecule has 0 unspecified atom stereocenters. The zero-order chi connectivity index (χ0) is 15.8. The van der Waals surface area contributed by atoms with E-state index >= 15 is 0 Å². The second-order valence-corrected chi connectivity index (χ2v) is 4.96. The van der Waals surface area contributed by atoms with Crippen LogP contribution in [0.3, 0.4) is 0 Å². The molecule has 0 aromatic heterocycles. The highest BCUT2D eigenvalue weighted by Crippen LogP contribution is 2.33. The molecule has 1 nitrogen and oxygen atoms in total. The summed E-state index contributed by atoms with van der Waals surface area (Å²) in [5.41, 5.74) is -2.39. The molecular weight excluding hydrogens is 331 g/mol. The Balaban J connectivity index is 2.57.